The first kappa shape index (κ1) is 56.8. The molecule has 0 spiro atoms. The molecule has 0 bridgehead atoms. The Balaban J connectivity index is 0.000000380. The van der Waals surface area contributed by atoms with Gasteiger partial charge in [0, 0.05) is 17.2 Å². The molecule has 65 heavy (non-hydrogen) atoms. The van der Waals surface area contributed by atoms with E-state index in [-0.39, 0.29) is 5.69 Å². The summed E-state index contributed by atoms with van der Waals surface area (Å²) in [5.74, 6) is 0.729. The van der Waals surface area contributed by atoms with Crippen LogP contribution in [0.15, 0.2) is 140 Å². The molecule has 0 aliphatic heterocycles. The van der Waals surface area contributed by atoms with Gasteiger partial charge in [-0.1, -0.05) is 148 Å². The van der Waals surface area contributed by atoms with Crippen LogP contribution >= 0.6 is 23.2 Å². The SMILES string of the molecule is COc1ccc(C)cc1Cl.Cc1cc(C)c(C)c(C)c1.Cc1ccc(C#N)cc1.Cc1ccc(C)cc1.Cc1ccc([N+](=O)[O-])cc1.Cc1cccc(C)c1C.Cc1cccc(Cl)c1C. The number of halogens is 2. The highest BCUT2D eigenvalue weighted by Crippen LogP contribution is 2.24. The number of aryl methyl sites for hydroxylation is 11. The normalized spacial score (nSPS) is 9.42. The maximum absolute atomic E-state index is 10.1. The summed E-state index contributed by atoms with van der Waals surface area (Å²) in [6.45, 7) is 29.2. The van der Waals surface area contributed by atoms with Crippen LogP contribution in [0.3, 0.4) is 0 Å². The molecule has 5 nitrogen and oxygen atoms in total. The summed E-state index contributed by atoms with van der Waals surface area (Å²) < 4.78 is 4.97. The molecule has 7 heteroatoms. The molecule has 0 N–H and O–H groups in total. The number of methoxy groups -OCH3 is 1. The van der Waals surface area contributed by atoms with Crippen molar-refractivity contribution in [3.63, 3.8) is 0 Å². The number of hydrogen-bond donors (Lipinski definition) is 0. The Bertz CT molecular complexity index is 2420. The minimum Gasteiger partial charge on any atom is -0.495 e. The highest BCUT2D eigenvalue weighted by molar-refractivity contribution is 6.32. The summed E-state index contributed by atoms with van der Waals surface area (Å²) in [6.07, 6.45) is 0. The fourth-order valence-electron chi connectivity index (χ4n) is 5.57. The van der Waals surface area contributed by atoms with Crippen molar-refractivity contribution in [1.29, 1.82) is 5.26 Å². The maximum atomic E-state index is 10.1. The van der Waals surface area contributed by atoms with Gasteiger partial charge in [-0.2, -0.15) is 5.26 Å². The lowest BCUT2D eigenvalue weighted by atomic mass is 10.0. The van der Waals surface area contributed by atoms with Crippen molar-refractivity contribution in [2.45, 2.75) is 96.9 Å². The average Bonchev–Trinajstić information content (AvgIpc) is 3.27. The molecule has 342 valence electrons. The zero-order chi connectivity index (χ0) is 49.2. The summed E-state index contributed by atoms with van der Waals surface area (Å²) >= 11 is 11.6. The van der Waals surface area contributed by atoms with Gasteiger partial charge in [0.2, 0.25) is 0 Å². The number of hydrogen-bond acceptors (Lipinski definition) is 4. The standard InChI is InChI=1S/C10H14.C9H12.C8H9ClO.C8H9Cl.C8H7N.C8H10.C7H7NO2/c1-7-5-8(2)10(4)9(3)6-7;1-7-5-4-6-8(2)9(7)3;1-6-3-4-8(10-2)7(9)5-6;1-6-4-3-5-8(9)7(6)2;1-7-2-4-8(6-9)5-3-7;1-7-3-5-8(2)6-4-7;1-6-2-4-7(5-3-6)8(9)10/h5-6H,1-4H3;4-6H,1-3H3;3-5H,1-2H3;3-5H,1-2H3;2-5H,1H3;3-6H,1-2H3;2-5H,1H3. The molecule has 0 saturated carbocycles. The number of ether oxygens (including phenoxy) is 1. The van der Waals surface area contributed by atoms with Crippen LogP contribution in [0.2, 0.25) is 10.0 Å². The third kappa shape index (κ3) is 22.8. The van der Waals surface area contributed by atoms with E-state index in [1.807, 2.05) is 82.3 Å². The van der Waals surface area contributed by atoms with Crippen molar-refractivity contribution in [2.75, 3.05) is 7.11 Å². The lowest BCUT2D eigenvalue weighted by Crippen LogP contribution is -1.86. The first-order valence-corrected chi connectivity index (χ1v) is 22.2. The van der Waals surface area contributed by atoms with Crippen LogP contribution in [0.5, 0.6) is 5.75 Å². The molecule has 7 aromatic carbocycles. The van der Waals surface area contributed by atoms with E-state index >= 15 is 0 Å². The number of nitro benzene ring substituents is 1. The molecule has 0 amide bonds. The largest absolute Gasteiger partial charge is 0.495 e. The van der Waals surface area contributed by atoms with Crippen molar-refractivity contribution in [1.82, 2.24) is 0 Å². The first-order valence-electron chi connectivity index (χ1n) is 21.4. The van der Waals surface area contributed by atoms with Crippen molar-refractivity contribution >= 4 is 28.9 Å². The molecular weight excluding hydrogens is 844 g/mol. The number of non-ortho nitro benzene ring substituents is 1. The zero-order valence-corrected chi connectivity index (χ0v) is 42.7. The van der Waals surface area contributed by atoms with Crippen molar-refractivity contribution in [3.05, 3.63) is 243 Å². The molecule has 0 atom stereocenters. The first-order chi connectivity index (χ1) is 30.6. The number of nitriles is 1. The fraction of sp³-hybridized carbons (Fsp3) is 0.259. The van der Waals surface area contributed by atoms with Crippen LogP contribution in [0.4, 0.5) is 5.69 Å². The van der Waals surface area contributed by atoms with Gasteiger partial charge in [0.05, 0.1) is 28.7 Å². The monoisotopic (exact) mass is 910 g/mol. The topological polar surface area (TPSA) is 76.2 Å². The Hall–Kier alpha value is -6.19. The van der Waals surface area contributed by atoms with E-state index in [1.165, 1.54) is 78.9 Å². The van der Waals surface area contributed by atoms with E-state index in [4.69, 9.17) is 33.2 Å². The summed E-state index contributed by atoms with van der Waals surface area (Å²) in [4.78, 5) is 9.71. The van der Waals surface area contributed by atoms with Crippen LogP contribution in [0.1, 0.15) is 83.5 Å². The van der Waals surface area contributed by atoms with Gasteiger partial charge in [0.25, 0.3) is 5.69 Å². The quantitative estimate of drug-likeness (QED) is 0.128. The number of nitrogens with zero attached hydrogens (tertiary/aromatic N) is 2. The Morgan fingerprint density at radius 3 is 1.17 bits per heavy atom. The van der Waals surface area contributed by atoms with E-state index in [9.17, 15) is 10.1 Å². The minimum absolute atomic E-state index is 0.144. The lowest BCUT2D eigenvalue weighted by Gasteiger charge is -2.04. The highest BCUT2D eigenvalue weighted by Gasteiger charge is 2.01. The van der Waals surface area contributed by atoms with Gasteiger partial charge < -0.3 is 4.74 Å². The third-order valence-corrected chi connectivity index (χ3v) is 11.1. The van der Waals surface area contributed by atoms with E-state index in [1.54, 1.807) is 19.2 Å². The van der Waals surface area contributed by atoms with Crippen LogP contribution in [0, 0.1) is 118 Å². The Kier molecular flexibility index (Phi) is 26.3. The van der Waals surface area contributed by atoms with E-state index < -0.39 is 4.92 Å². The van der Waals surface area contributed by atoms with Gasteiger partial charge in [0.1, 0.15) is 5.75 Å². The van der Waals surface area contributed by atoms with Gasteiger partial charge >= 0.3 is 0 Å². The fourth-order valence-corrected chi connectivity index (χ4v) is 6.10. The molecule has 0 radical (unpaired) electrons. The molecule has 7 aromatic rings. The second kappa shape index (κ2) is 30.0. The molecule has 0 aromatic heterocycles. The predicted molar refractivity (Wildman–Crippen MR) is 279 cm³/mol. The van der Waals surface area contributed by atoms with Crippen LogP contribution in [0.25, 0.3) is 0 Å². The van der Waals surface area contributed by atoms with E-state index in [0.717, 1.165) is 27.5 Å². The van der Waals surface area contributed by atoms with Crippen molar-refractivity contribution < 1.29 is 9.66 Å². The lowest BCUT2D eigenvalue weighted by molar-refractivity contribution is -0.384. The van der Waals surface area contributed by atoms with Crippen molar-refractivity contribution in [2.24, 2.45) is 0 Å². The summed E-state index contributed by atoms with van der Waals surface area (Å²) in [7, 11) is 1.61. The smallest absolute Gasteiger partial charge is 0.269 e. The minimum atomic E-state index is -0.403. The number of benzene rings is 7. The highest BCUT2D eigenvalue weighted by atomic mass is 35.5. The molecule has 7 rings (SSSR count). The van der Waals surface area contributed by atoms with Gasteiger partial charge in [-0.25, -0.2) is 0 Å². The summed E-state index contributed by atoms with van der Waals surface area (Å²) in [5, 5.41) is 20.0. The van der Waals surface area contributed by atoms with Crippen molar-refractivity contribution in [3.8, 4) is 11.8 Å². The van der Waals surface area contributed by atoms with Gasteiger partial charge in [-0.3, -0.25) is 10.1 Å². The molecule has 0 fully saturated rings. The second-order valence-electron chi connectivity index (χ2n) is 16.1. The molecule has 0 aliphatic carbocycles. The summed E-state index contributed by atoms with van der Waals surface area (Å²) in [5.41, 5.74) is 19.1. The van der Waals surface area contributed by atoms with Gasteiger partial charge in [0.15, 0.2) is 0 Å². The molecule has 0 saturated heterocycles. The number of rotatable bonds is 2. The molecular formula is C58H68Cl2N2O3. The molecule has 0 heterocycles. The van der Waals surface area contributed by atoms with Gasteiger partial charge in [-0.05, 0) is 177 Å². The number of nitro groups is 1. The third-order valence-electron chi connectivity index (χ3n) is 10.4. The van der Waals surface area contributed by atoms with Crippen LogP contribution < -0.4 is 4.74 Å². The van der Waals surface area contributed by atoms with Gasteiger partial charge in [-0.15, -0.1) is 0 Å². The van der Waals surface area contributed by atoms with E-state index in [0.29, 0.717) is 5.02 Å². The van der Waals surface area contributed by atoms with Crippen LogP contribution in [-0.4, -0.2) is 12.0 Å². The Labute approximate surface area is 400 Å². The molecule has 0 unspecified atom stereocenters. The van der Waals surface area contributed by atoms with E-state index in [2.05, 4.69) is 136 Å². The Morgan fingerprint density at radius 2 is 0.815 bits per heavy atom. The average molecular weight is 912 g/mol. The zero-order valence-electron chi connectivity index (χ0n) is 41.2. The maximum Gasteiger partial charge on any atom is 0.269 e. The summed E-state index contributed by atoms with van der Waals surface area (Å²) in [6, 6.07) is 46.9. The Morgan fingerprint density at radius 1 is 0.446 bits per heavy atom. The predicted octanol–water partition coefficient (Wildman–Crippen LogP) is 17.2. The second-order valence-corrected chi connectivity index (χ2v) is 16.9. The molecule has 0 aliphatic rings. The van der Waals surface area contributed by atoms with Crippen LogP contribution in [-0.2, 0) is 0 Å².